The summed E-state index contributed by atoms with van der Waals surface area (Å²) in [6, 6.07) is 7.51. The lowest BCUT2D eigenvalue weighted by molar-refractivity contribution is 0.462. The topological polar surface area (TPSA) is 24.1 Å². The van der Waals surface area contributed by atoms with E-state index in [0.717, 1.165) is 6.54 Å². The van der Waals surface area contributed by atoms with Crippen LogP contribution >= 0.6 is 0 Å². The summed E-state index contributed by atoms with van der Waals surface area (Å²) in [4.78, 5) is 0. The van der Waals surface area contributed by atoms with Crippen molar-refractivity contribution in [2.24, 2.45) is 0 Å². The summed E-state index contributed by atoms with van der Waals surface area (Å²) in [6.45, 7) is 1.13. The molecule has 1 fully saturated rings. The minimum Gasteiger partial charge on any atom is -0.385 e. The van der Waals surface area contributed by atoms with E-state index in [9.17, 15) is 0 Å². The second-order valence-electron chi connectivity index (χ2n) is 5.38. The molecule has 92 valence electrons. The Morgan fingerprint density at radius 2 is 1.94 bits per heavy atom. The molecule has 0 saturated heterocycles. The Balaban J connectivity index is 1.70. The lowest BCUT2D eigenvalue weighted by Crippen LogP contribution is -2.22. The summed E-state index contributed by atoms with van der Waals surface area (Å²) in [6.07, 6.45) is 9.38. The van der Waals surface area contributed by atoms with Crippen molar-refractivity contribution in [3.05, 3.63) is 23.8 Å². The van der Waals surface area contributed by atoms with Crippen molar-refractivity contribution < 1.29 is 0 Å². The molecule has 1 heterocycles. The first-order valence-electron chi connectivity index (χ1n) is 7.05. The maximum absolute atomic E-state index is 3.70. The summed E-state index contributed by atoms with van der Waals surface area (Å²) in [7, 11) is 0. The van der Waals surface area contributed by atoms with Crippen LogP contribution in [0.15, 0.2) is 18.2 Å². The van der Waals surface area contributed by atoms with Crippen molar-refractivity contribution in [1.29, 1.82) is 0 Å². The molecule has 1 aliphatic heterocycles. The van der Waals surface area contributed by atoms with E-state index in [1.807, 2.05) is 0 Å². The van der Waals surface area contributed by atoms with Gasteiger partial charge in [0.2, 0.25) is 0 Å². The van der Waals surface area contributed by atoms with Gasteiger partial charge in [0.25, 0.3) is 0 Å². The number of nitrogens with one attached hydrogen (secondary N) is 2. The number of hydrogen-bond acceptors (Lipinski definition) is 2. The molecule has 1 saturated carbocycles. The van der Waals surface area contributed by atoms with Crippen LogP contribution in [0, 0.1) is 0 Å². The molecule has 0 amide bonds. The molecule has 2 aliphatic rings. The zero-order valence-corrected chi connectivity index (χ0v) is 10.5. The predicted molar refractivity (Wildman–Crippen MR) is 73.7 cm³/mol. The molecule has 2 N–H and O–H groups in total. The van der Waals surface area contributed by atoms with Gasteiger partial charge in [0, 0.05) is 24.0 Å². The Bertz CT molecular complexity index is 381. The molecule has 2 nitrogen and oxygen atoms in total. The van der Waals surface area contributed by atoms with E-state index >= 15 is 0 Å². The highest BCUT2D eigenvalue weighted by Crippen LogP contribution is 2.27. The highest BCUT2D eigenvalue weighted by atomic mass is 14.9. The van der Waals surface area contributed by atoms with Crippen LogP contribution in [0.2, 0.25) is 0 Å². The van der Waals surface area contributed by atoms with E-state index < -0.39 is 0 Å². The summed E-state index contributed by atoms with van der Waals surface area (Å²) in [5.41, 5.74) is 4.14. The third kappa shape index (κ3) is 2.56. The van der Waals surface area contributed by atoms with Crippen molar-refractivity contribution in [1.82, 2.24) is 0 Å². The first kappa shape index (κ1) is 10.9. The fourth-order valence-electron chi connectivity index (χ4n) is 3.05. The Morgan fingerprint density at radius 1 is 1.06 bits per heavy atom. The second kappa shape index (κ2) is 4.99. The van der Waals surface area contributed by atoms with Gasteiger partial charge in [-0.05, 0) is 49.4 Å². The monoisotopic (exact) mass is 230 g/mol. The Morgan fingerprint density at radius 3 is 2.82 bits per heavy atom. The molecule has 0 aromatic heterocycles. The quantitative estimate of drug-likeness (QED) is 0.807. The maximum atomic E-state index is 3.70. The Kier molecular flexibility index (Phi) is 3.21. The molecule has 2 heteroatoms. The summed E-state index contributed by atoms with van der Waals surface area (Å²) < 4.78 is 0. The molecular weight excluding hydrogens is 208 g/mol. The van der Waals surface area contributed by atoms with Crippen LogP contribution in [0.4, 0.5) is 11.4 Å². The molecule has 1 aliphatic carbocycles. The predicted octanol–water partition coefficient (Wildman–Crippen LogP) is 3.79. The highest BCUT2D eigenvalue weighted by molar-refractivity contribution is 5.61. The molecule has 0 atom stereocenters. The third-order valence-electron chi connectivity index (χ3n) is 4.02. The fourth-order valence-corrected chi connectivity index (χ4v) is 3.05. The molecule has 1 aromatic rings. The van der Waals surface area contributed by atoms with Gasteiger partial charge in [0.05, 0.1) is 0 Å². The zero-order valence-electron chi connectivity index (χ0n) is 10.5. The van der Waals surface area contributed by atoms with E-state index in [1.54, 1.807) is 0 Å². The van der Waals surface area contributed by atoms with E-state index in [4.69, 9.17) is 0 Å². The van der Waals surface area contributed by atoms with Gasteiger partial charge in [0.15, 0.2) is 0 Å². The van der Waals surface area contributed by atoms with Gasteiger partial charge < -0.3 is 10.6 Å². The van der Waals surface area contributed by atoms with Crippen molar-refractivity contribution in [3.8, 4) is 0 Å². The average Bonchev–Trinajstić information content (AvgIpc) is 2.40. The van der Waals surface area contributed by atoms with Crippen LogP contribution in [-0.2, 0) is 6.42 Å². The van der Waals surface area contributed by atoms with Crippen molar-refractivity contribution in [2.45, 2.75) is 51.0 Å². The number of benzene rings is 1. The fraction of sp³-hybridized carbons (Fsp3) is 0.600. The third-order valence-corrected chi connectivity index (χ3v) is 4.02. The summed E-state index contributed by atoms with van der Waals surface area (Å²) in [5, 5.41) is 7.17. The van der Waals surface area contributed by atoms with Crippen LogP contribution in [-0.4, -0.2) is 12.6 Å². The first-order valence-corrected chi connectivity index (χ1v) is 7.05. The minimum absolute atomic E-state index is 0.707. The maximum Gasteiger partial charge on any atom is 0.0374 e. The number of rotatable bonds is 2. The SMILES string of the molecule is c1cc2c(cc1NC1CCCCC1)CCCN2. The molecule has 0 radical (unpaired) electrons. The molecular formula is C15H22N2. The molecule has 0 bridgehead atoms. The molecule has 0 spiro atoms. The van der Waals surface area contributed by atoms with Crippen LogP contribution in [0.25, 0.3) is 0 Å². The number of anilines is 2. The molecule has 3 rings (SSSR count). The van der Waals surface area contributed by atoms with Crippen molar-refractivity contribution in [2.75, 3.05) is 17.2 Å². The summed E-state index contributed by atoms with van der Waals surface area (Å²) in [5.74, 6) is 0. The smallest absolute Gasteiger partial charge is 0.0374 e. The minimum atomic E-state index is 0.707. The van der Waals surface area contributed by atoms with Crippen LogP contribution < -0.4 is 10.6 Å². The Labute approximate surface area is 104 Å². The molecule has 1 aromatic carbocycles. The van der Waals surface area contributed by atoms with Gasteiger partial charge in [-0.1, -0.05) is 19.3 Å². The van der Waals surface area contributed by atoms with Crippen molar-refractivity contribution in [3.63, 3.8) is 0 Å². The number of aryl methyl sites for hydroxylation is 1. The van der Waals surface area contributed by atoms with Gasteiger partial charge in [-0.3, -0.25) is 0 Å². The Hall–Kier alpha value is -1.18. The average molecular weight is 230 g/mol. The van der Waals surface area contributed by atoms with Gasteiger partial charge in [-0.2, -0.15) is 0 Å². The van der Waals surface area contributed by atoms with Crippen LogP contribution in [0.5, 0.6) is 0 Å². The zero-order chi connectivity index (χ0) is 11.5. The van der Waals surface area contributed by atoms with Crippen LogP contribution in [0.1, 0.15) is 44.1 Å². The first-order chi connectivity index (χ1) is 8.42. The molecule has 0 unspecified atom stereocenters. The normalized spacial score (nSPS) is 20.5. The van der Waals surface area contributed by atoms with E-state index in [0.29, 0.717) is 6.04 Å². The van der Waals surface area contributed by atoms with Gasteiger partial charge in [-0.15, -0.1) is 0 Å². The van der Waals surface area contributed by atoms with Crippen molar-refractivity contribution >= 4 is 11.4 Å². The second-order valence-corrected chi connectivity index (χ2v) is 5.38. The van der Waals surface area contributed by atoms with Crippen LogP contribution in [0.3, 0.4) is 0 Å². The highest BCUT2D eigenvalue weighted by Gasteiger charge is 2.14. The molecule has 17 heavy (non-hydrogen) atoms. The van der Waals surface area contributed by atoms with Gasteiger partial charge >= 0.3 is 0 Å². The lowest BCUT2D eigenvalue weighted by atomic mass is 9.95. The van der Waals surface area contributed by atoms with Gasteiger partial charge in [0.1, 0.15) is 0 Å². The van der Waals surface area contributed by atoms with E-state index in [1.165, 1.54) is 61.9 Å². The largest absolute Gasteiger partial charge is 0.385 e. The van der Waals surface area contributed by atoms with E-state index in [-0.39, 0.29) is 0 Å². The summed E-state index contributed by atoms with van der Waals surface area (Å²) >= 11 is 0. The van der Waals surface area contributed by atoms with Gasteiger partial charge in [-0.25, -0.2) is 0 Å². The lowest BCUT2D eigenvalue weighted by Gasteiger charge is -2.25. The van der Waals surface area contributed by atoms with E-state index in [2.05, 4.69) is 28.8 Å². The number of hydrogen-bond donors (Lipinski definition) is 2. The standard InChI is InChI=1S/C15H22N2/c1-2-6-13(7-3-1)17-14-8-9-15-12(11-14)5-4-10-16-15/h8-9,11,13,16-17H,1-7,10H2. The number of fused-ring (bicyclic) bond motifs is 1.